The molecule has 0 heterocycles. The molecule has 5 nitrogen and oxygen atoms in total. The van der Waals surface area contributed by atoms with Crippen LogP contribution in [0.4, 0.5) is 11.4 Å². The van der Waals surface area contributed by atoms with E-state index in [9.17, 15) is 8.42 Å². The zero-order valence-corrected chi connectivity index (χ0v) is 12.4. The van der Waals surface area contributed by atoms with E-state index in [0.717, 1.165) is 16.5 Å². The van der Waals surface area contributed by atoms with Gasteiger partial charge in [-0.3, -0.25) is 0 Å². The number of sulfonamides is 1. The fraction of sp³-hybridized carbons (Fsp3) is 0. The van der Waals surface area contributed by atoms with E-state index in [1.54, 1.807) is 12.1 Å². The van der Waals surface area contributed by atoms with Gasteiger partial charge >= 0.3 is 0 Å². The molecule has 0 saturated carbocycles. The predicted octanol–water partition coefficient (Wildman–Crippen LogP) is 3.90. The van der Waals surface area contributed by atoms with Crippen LogP contribution in [0.15, 0.2) is 81.9 Å². The highest BCUT2D eigenvalue weighted by atomic mass is 32.2. The normalized spacial score (nSPS) is 12.0. The van der Waals surface area contributed by atoms with Gasteiger partial charge in [0.2, 0.25) is 10.0 Å². The quantitative estimate of drug-likeness (QED) is 0.744. The molecule has 110 valence electrons. The summed E-state index contributed by atoms with van der Waals surface area (Å²) in [5.41, 5.74) is 1.31. The number of primary sulfonamides is 1. The number of azo groups is 1. The number of nitrogens with zero attached hydrogens (tertiary/aromatic N) is 2. The van der Waals surface area contributed by atoms with Crippen molar-refractivity contribution in [3.63, 3.8) is 0 Å². The van der Waals surface area contributed by atoms with E-state index in [1.165, 1.54) is 12.1 Å². The van der Waals surface area contributed by atoms with Crippen LogP contribution in [0.2, 0.25) is 0 Å². The molecule has 3 aromatic carbocycles. The topological polar surface area (TPSA) is 84.9 Å². The summed E-state index contributed by atoms with van der Waals surface area (Å²) in [6, 6.07) is 19.7. The molecule has 0 saturated heterocycles. The van der Waals surface area contributed by atoms with E-state index in [2.05, 4.69) is 10.2 Å². The molecule has 0 aliphatic rings. The molecule has 0 amide bonds. The average Bonchev–Trinajstić information content (AvgIpc) is 2.52. The summed E-state index contributed by atoms with van der Waals surface area (Å²) in [4.78, 5) is 0.0524. The highest BCUT2D eigenvalue weighted by Crippen LogP contribution is 2.27. The summed E-state index contributed by atoms with van der Waals surface area (Å²) in [7, 11) is -3.69. The Morgan fingerprint density at radius 2 is 1.45 bits per heavy atom. The SMILES string of the molecule is NS(=O)(=O)c1ccc(N=Nc2cccc3ccccc23)cc1. The summed E-state index contributed by atoms with van der Waals surface area (Å²) in [5, 5.41) is 15.5. The molecular weight excluding hydrogens is 298 g/mol. The van der Waals surface area contributed by atoms with Crippen LogP contribution in [0.25, 0.3) is 10.8 Å². The highest BCUT2D eigenvalue weighted by molar-refractivity contribution is 7.89. The molecule has 0 aliphatic carbocycles. The summed E-state index contributed by atoms with van der Waals surface area (Å²) >= 11 is 0. The largest absolute Gasteiger partial charge is 0.238 e. The van der Waals surface area contributed by atoms with E-state index in [4.69, 9.17) is 5.14 Å². The number of benzene rings is 3. The Labute approximate surface area is 128 Å². The van der Waals surface area contributed by atoms with Gasteiger partial charge in [0.25, 0.3) is 0 Å². The lowest BCUT2D eigenvalue weighted by atomic mass is 10.1. The van der Waals surface area contributed by atoms with Crippen molar-refractivity contribution in [2.45, 2.75) is 4.90 Å². The average molecular weight is 311 g/mol. The van der Waals surface area contributed by atoms with Crippen LogP contribution >= 0.6 is 0 Å². The lowest BCUT2D eigenvalue weighted by Crippen LogP contribution is -2.11. The maximum absolute atomic E-state index is 11.2. The van der Waals surface area contributed by atoms with Gasteiger partial charge in [-0.2, -0.15) is 5.11 Å². The Hall–Kier alpha value is -2.57. The molecule has 3 rings (SSSR count). The first-order chi connectivity index (χ1) is 10.5. The second-order valence-electron chi connectivity index (χ2n) is 4.74. The van der Waals surface area contributed by atoms with Gasteiger partial charge < -0.3 is 0 Å². The van der Waals surface area contributed by atoms with Crippen molar-refractivity contribution >= 4 is 32.2 Å². The van der Waals surface area contributed by atoms with E-state index in [-0.39, 0.29) is 4.90 Å². The molecule has 0 aliphatic heterocycles. The number of fused-ring (bicyclic) bond motifs is 1. The third-order valence-electron chi connectivity index (χ3n) is 3.21. The zero-order valence-electron chi connectivity index (χ0n) is 11.5. The Balaban J connectivity index is 1.93. The van der Waals surface area contributed by atoms with Gasteiger partial charge in [0.1, 0.15) is 0 Å². The lowest BCUT2D eigenvalue weighted by Gasteiger charge is -2.01. The van der Waals surface area contributed by atoms with E-state index < -0.39 is 10.0 Å². The van der Waals surface area contributed by atoms with Gasteiger partial charge in [0.05, 0.1) is 16.3 Å². The maximum atomic E-state index is 11.2. The fourth-order valence-corrected chi connectivity index (χ4v) is 2.63. The van der Waals surface area contributed by atoms with Crippen LogP contribution in [0, 0.1) is 0 Å². The van der Waals surface area contributed by atoms with Gasteiger partial charge in [-0.1, -0.05) is 36.4 Å². The zero-order chi connectivity index (χ0) is 15.6. The minimum Gasteiger partial charge on any atom is -0.225 e. The van der Waals surface area contributed by atoms with Crippen molar-refractivity contribution in [3.05, 3.63) is 66.7 Å². The Morgan fingerprint density at radius 1 is 0.773 bits per heavy atom. The standard InChI is InChI=1S/C16H13N3O2S/c17-22(20,21)14-10-8-13(9-11-14)18-19-16-7-3-5-12-4-1-2-6-15(12)16/h1-11H,(H2,17,20,21). The third kappa shape index (κ3) is 3.03. The molecule has 0 atom stereocenters. The number of hydrogen-bond donors (Lipinski definition) is 1. The summed E-state index contributed by atoms with van der Waals surface area (Å²) in [5.74, 6) is 0. The van der Waals surface area contributed by atoms with Crippen LogP contribution in [0.3, 0.4) is 0 Å². The number of rotatable bonds is 3. The minimum absolute atomic E-state index is 0.0524. The number of nitrogens with two attached hydrogens (primary N) is 1. The van der Waals surface area contributed by atoms with Crippen molar-refractivity contribution in [1.29, 1.82) is 0 Å². The van der Waals surface area contributed by atoms with Crippen molar-refractivity contribution in [2.75, 3.05) is 0 Å². The summed E-state index contributed by atoms with van der Waals surface area (Å²) in [6.07, 6.45) is 0. The molecule has 0 radical (unpaired) electrons. The van der Waals surface area contributed by atoms with Gasteiger partial charge in [0, 0.05) is 5.39 Å². The van der Waals surface area contributed by atoms with Crippen molar-refractivity contribution < 1.29 is 8.42 Å². The molecule has 0 unspecified atom stereocenters. The minimum atomic E-state index is -3.69. The van der Waals surface area contributed by atoms with Crippen LogP contribution in [-0.2, 0) is 10.0 Å². The van der Waals surface area contributed by atoms with Crippen molar-refractivity contribution in [2.24, 2.45) is 15.4 Å². The molecule has 6 heteroatoms. The van der Waals surface area contributed by atoms with Crippen molar-refractivity contribution in [1.82, 2.24) is 0 Å². The molecule has 22 heavy (non-hydrogen) atoms. The Bertz CT molecular complexity index is 943. The molecule has 0 spiro atoms. The van der Waals surface area contributed by atoms with E-state index in [1.807, 2.05) is 42.5 Å². The Kier molecular flexibility index (Phi) is 3.70. The molecule has 0 aromatic heterocycles. The molecule has 2 N–H and O–H groups in total. The van der Waals surface area contributed by atoms with Crippen LogP contribution in [-0.4, -0.2) is 8.42 Å². The second kappa shape index (κ2) is 5.67. The fourth-order valence-electron chi connectivity index (χ4n) is 2.11. The van der Waals surface area contributed by atoms with Gasteiger partial charge in [-0.15, -0.1) is 5.11 Å². The first-order valence-corrected chi connectivity index (χ1v) is 8.11. The first-order valence-electron chi connectivity index (χ1n) is 6.56. The first kappa shape index (κ1) is 14.4. The molecule has 3 aromatic rings. The Morgan fingerprint density at radius 3 is 2.18 bits per heavy atom. The third-order valence-corrected chi connectivity index (χ3v) is 4.13. The van der Waals surface area contributed by atoms with Crippen LogP contribution in [0.5, 0.6) is 0 Å². The molecular formula is C16H13N3O2S. The summed E-state index contributed by atoms with van der Waals surface area (Å²) < 4.78 is 22.4. The van der Waals surface area contributed by atoms with Gasteiger partial charge in [-0.25, -0.2) is 13.6 Å². The molecule has 0 fully saturated rings. The number of hydrogen-bond acceptors (Lipinski definition) is 4. The van der Waals surface area contributed by atoms with E-state index >= 15 is 0 Å². The predicted molar refractivity (Wildman–Crippen MR) is 85.9 cm³/mol. The maximum Gasteiger partial charge on any atom is 0.238 e. The summed E-state index contributed by atoms with van der Waals surface area (Å²) in [6.45, 7) is 0. The van der Waals surface area contributed by atoms with Gasteiger partial charge in [-0.05, 0) is 35.7 Å². The van der Waals surface area contributed by atoms with Crippen LogP contribution in [0.1, 0.15) is 0 Å². The lowest BCUT2D eigenvalue weighted by molar-refractivity contribution is 0.598. The van der Waals surface area contributed by atoms with E-state index in [0.29, 0.717) is 5.69 Å². The second-order valence-corrected chi connectivity index (χ2v) is 6.30. The molecule has 0 bridgehead atoms. The monoisotopic (exact) mass is 311 g/mol. The highest BCUT2D eigenvalue weighted by Gasteiger charge is 2.06. The van der Waals surface area contributed by atoms with Crippen LogP contribution < -0.4 is 5.14 Å². The van der Waals surface area contributed by atoms with Crippen molar-refractivity contribution in [3.8, 4) is 0 Å². The smallest absolute Gasteiger partial charge is 0.225 e. The van der Waals surface area contributed by atoms with Gasteiger partial charge in [0.15, 0.2) is 0 Å².